The largest absolute Gasteiger partial charge is 0.549 e. The number of hydrogen-bond donors (Lipinski definition) is 0. The van der Waals surface area contributed by atoms with Crippen LogP contribution in [0.5, 0.6) is 5.75 Å². The van der Waals surface area contributed by atoms with Gasteiger partial charge in [0, 0.05) is 12.3 Å². The highest BCUT2D eigenvalue weighted by atomic mass is 32.2. The summed E-state index contributed by atoms with van der Waals surface area (Å²) in [5.74, 6) is 0.270. The first-order chi connectivity index (χ1) is 10.5. The van der Waals surface area contributed by atoms with E-state index in [0.29, 0.717) is 11.0 Å². The third-order valence-electron chi connectivity index (χ3n) is 3.24. The Kier molecular flexibility index (Phi) is 5.43. The molecule has 6 nitrogen and oxygen atoms in total. The van der Waals surface area contributed by atoms with Crippen molar-refractivity contribution in [1.29, 1.82) is 0 Å². The molecule has 0 fully saturated rings. The summed E-state index contributed by atoms with van der Waals surface area (Å²) in [5, 5.41) is 18.6. The molecule has 0 spiro atoms. The molecule has 0 N–H and O–H groups in total. The summed E-state index contributed by atoms with van der Waals surface area (Å²) in [6.45, 7) is 3.93. The van der Waals surface area contributed by atoms with E-state index in [-0.39, 0.29) is 6.61 Å². The molecular weight excluding hydrogens is 302 g/mol. The molecule has 0 bridgehead atoms. The summed E-state index contributed by atoms with van der Waals surface area (Å²) in [6, 6.07) is 7.88. The van der Waals surface area contributed by atoms with E-state index in [4.69, 9.17) is 4.74 Å². The van der Waals surface area contributed by atoms with Crippen molar-refractivity contribution in [2.45, 2.75) is 37.3 Å². The third-order valence-corrected chi connectivity index (χ3v) is 4.35. The highest BCUT2D eigenvalue weighted by Crippen LogP contribution is 2.21. The van der Waals surface area contributed by atoms with Gasteiger partial charge < -0.3 is 19.2 Å². The number of carboxylic acid groups (broad SMARTS) is 1. The fourth-order valence-electron chi connectivity index (χ4n) is 1.75. The third kappa shape index (κ3) is 4.00. The zero-order valence-corrected chi connectivity index (χ0v) is 13.6. The van der Waals surface area contributed by atoms with Crippen LogP contribution in [0.2, 0.25) is 0 Å². The van der Waals surface area contributed by atoms with E-state index in [1.807, 2.05) is 24.3 Å². The zero-order valence-electron chi connectivity index (χ0n) is 12.8. The van der Waals surface area contributed by atoms with Crippen molar-refractivity contribution < 1.29 is 14.6 Å². The Bertz CT molecular complexity index is 640. The van der Waals surface area contributed by atoms with Gasteiger partial charge in [-0.25, -0.2) is 0 Å². The van der Waals surface area contributed by atoms with E-state index in [1.54, 1.807) is 18.5 Å². The maximum Gasteiger partial charge on any atom is 0.191 e. The van der Waals surface area contributed by atoms with Crippen molar-refractivity contribution >= 4 is 17.7 Å². The lowest BCUT2D eigenvalue weighted by Crippen LogP contribution is -2.31. The number of carboxylic acids is 1. The summed E-state index contributed by atoms with van der Waals surface area (Å²) >= 11 is 1.10. The molecule has 0 amide bonds. The molecule has 7 heteroatoms. The van der Waals surface area contributed by atoms with Crippen LogP contribution in [0, 0.1) is 0 Å². The minimum Gasteiger partial charge on any atom is -0.549 e. The standard InChI is InChI=1S/C15H19N3O3S/c1-4-11-5-7-12(8-6-11)21-9-13-16-17-15(18(13)3)22-10(2)14(19)20/h5-8,10H,4,9H2,1-3H3,(H,19,20)/p-1/t10-/m1/s1. The van der Waals surface area contributed by atoms with Gasteiger partial charge in [0.1, 0.15) is 12.4 Å². The quantitative estimate of drug-likeness (QED) is 0.713. The summed E-state index contributed by atoms with van der Waals surface area (Å²) < 4.78 is 7.40. The van der Waals surface area contributed by atoms with Gasteiger partial charge in [0.25, 0.3) is 0 Å². The first-order valence-corrected chi connectivity index (χ1v) is 7.86. The molecule has 0 unspecified atom stereocenters. The highest BCUT2D eigenvalue weighted by molar-refractivity contribution is 8.00. The Morgan fingerprint density at radius 1 is 1.36 bits per heavy atom. The second kappa shape index (κ2) is 7.31. The Morgan fingerprint density at radius 3 is 2.64 bits per heavy atom. The molecule has 0 aliphatic carbocycles. The van der Waals surface area contributed by atoms with Gasteiger partial charge in [-0.1, -0.05) is 30.8 Å². The number of aryl methyl sites for hydroxylation is 1. The SMILES string of the molecule is CCc1ccc(OCc2nnc(S[C@H](C)C(=O)[O-])n2C)cc1. The fraction of sp³-hybridized carbons (Fsp3) is 0.400. The smallest absolute Gasteiger partial charge is 0.191 e. The summed E-state index contributed by atoms with van der Waals surface area (Å²) in [7, 11) is 1.78. The van der Waals surface area contributed by atoms with E-state index in [2.05, 4.69) is 17.1 Å². The molecule has 2 rings (SSSR count). The first-order valence-electron chi connectivity index (χ1n) is 6.98. The van der Waals surface area contributed by atoms with Crippen molar-refractivity contribution in [1.82, 2.24) is 14.8 Å². The number of thioether (sulfide) groups is 1. The van der Waals surface area contributed by atoms with Crippen molar-refractivity contribution in [3.8, 4) is 5.75 Å². The molecule has 0 saturated heterocycles. The zero-order chi connectivity index (χ0) is 16.1. The number of rotatable bonds is 7. The second-order valence-electron chi connectivity index (χ2n) is 4.82. The molecule has 0 saturated carbocycles. The lowest BCUT2D eigenvalue weighted by molar-refractivity contribution is -0.304. The van der Waals surface area contributed by atoms with Crippen molar-refractivity contribution in [3.63, 3.8) is 0 Å². The molecule has 118 valence electrons. The average Bonchev–Trinajstić information content (AvgIpc) is 2.86. The molecular formula is C15H18N3O3S-. The molecule has 1 aromatic carbocycles. The van der Waals surface area contributed by atoms with Crippen LogP contribution in [0.15, 0.2) is 29.4 Å². The normalized spacial score (nSPS) is 12.1. The van der Waals surface area contributed by atoms with Crippen LogP contribution in [-0.4, -0.2) is 26.0 Å². The Morgan fingerprint density at radius 2 is 2.05 bits per heavy atom. The van der Waals surface area contributed by atoms with Crippen molar-refractivity contribution in [3.05, 3.63) is 35.7 Å². The van der Waals surface area contributed by atoms with Crippen LogP contribution >= 0.6 is 11.8 Å². The van der Waals surface area contributed by atoms with Gasteiger partial charge in [-0.05, 0) is 31.0 Å². The predicted molar refractivity (Wildman–Crippen MR) is 81.5 cm³/mol. The summed E-state index contributed by atoms with van der Waals surface area (Å²) in [6.07, 6.45) is 0.987. The van der Waals surface area contributed by atoms with Crippen molar-refractivity contribution in [2.24, 2.45) is 7.05 Å². The Balaban J connectivity index is 1.98. The van der Waals surface area contributed by atoms with Gasteiger partial charge in [-0.15, -0.1) is 10.2 Å². The molecule has 1 heterocycles. The fourth-order valence-corrected chi connectivity index (χ4v) is 2.51. The number of hydrogen-bond acceptors (Lipinski definition) is 6. The van der Waals surface area contributed by atoms with Gasteiger partial charge in [0.2, 0.25) is 0 Å². The summed E-state index contributed by atoms with van der Waals surface area (Å²) in [4.78, 5) is 10.8. The maximum absolute atomic E-state index is 10.8. The molecule has 0 aliphatic heterocycles. The number of aromatic nitrogens is 3. The van der Waals surface area contributed by atoms with Gasteiger partial charge >= 0.3 is 0 Å². The van der Waals surface area contributed by atoms with Crippen LogP contribution in [-0.2, 0) is 24.9 Å². The van der Waals surface area contributed by atoms with Crippen LogP contribution in [0.3, 0.4) is 0 Å². The average molecular weight is 320 g/mol. The number of aliphatic carboxylic acids is 1. The first kappa shape index (κ1) is 16.4. The van der Waals surface area contributed by atoms with Gasteiger partial charge in [0.15, 0.2) is 11.0 Å². The summed E-state index contributed by atoms with van der Waals surface area (Å²) in [5.41, 5.74) is 1.25. The number of ether oxygens (including phenoxy) is 1. The molecule has 0 radical (unpaired) electrons. The number of carbonyl (C=O) groups is 1. The topological polar surface area (TPSA) is 80.1 Å². The van der Waals surface area contributed by atoms with E-state index in [1.165, 1.54) is 5.56 Å². The molecule has 22 heavy (non-hydrogen) atoms. The molecule has 1 aromatic heterocycles. The minimum absolute atomic E-state index is 0.273. The predicted octanol–water partition coefficient (Wildman–Crippen LogP) is 1.19. The van der Waals surface area contributed by atoms with Gasteiger partial charge in [-0.2, -0.15) is 0 Å². The monoisotopic (exact) mass is 320 g/mol. The van der Waals surface area contributed by atoms with Crippen LogP contribution in [0.4, 0.5) is 0 Å². The Labute approximate surface area is 133 Å². The molecule has 1 atom stereocenters. The molecule has 0 aliphatic rings. The molecule has 2 aromatic rings. The van der Waals surface area contributed by atoms with E-state index < -0.39 is 11.2 Å². The number of nitrogens with zero attached hydrogens (tertiary/aromatic N) is 3. The van der Waals surface area contributed by atoms with E-state index in [9.17, 15) is 9.90 Å². The highest BCUT2D eigenvalue weighted by Gasteiger charge is 2.14. The lowest BCUT2D eigenvalue weighted by atomic mass is 10.2. The number of benzene rings is 1. The number of carbonyl (C=O) groups excluding carboxylic acids is 1. The van der Waals surface area contributed by atoms with Crippen LogP contribution < -0.4 is 9.84 Å². The maximum atomic E-state index is 10.8. The van der Waals surface area contributed by atoms with Crippen LogP contribution in [0.25, 0.3) is 0 Å². The Hall–Kier alpha value is -2.02. The van der Waals surface area contributed by atoms with Crippen LogP contribution in [0.1, 0.15) is 25.2 Å². The lowest BCUT2D eigenvalue weighted by Gasteiger charge is -2.11. The second-order valence-corrected chi connectivity index (χ2v) is 6.13. The van der Waals surface area contributed by atoms with Crippen molar-refractivity contribution in [2.75, 3.05) is 0 Å². The minimum atomic E-state index is -1.12. The van der Waals surface area contributed by atoms with Gasteiger partial charge in [-0.3, -0.25) is 0 Å². The van der Waals surface area contributed by atoms with Gasteiger partial charge in [0.05, 0.1) is 5.97 Å². The van der Waals surface area contributed by atoms with E-state index >= 15 is 0 Å². The van der Waals surface area contributed by atoms with E-state index in [0.717, 1.165) is 23.9 Å².